The van der Waals surface area contributed by atoms with Gasteiger partial charge in [0.2, 0.25) is 0 Å². The minimum atomic E-state index is -0.161. The monoisotopic (exact) mass is 335 g/mol. The molecule has 0 saturated heterocycles. The molecule has 2 aromatic rings. The number of fused-ring (bicyclic) bond motifs is 1. The largest absolute Gasteiger partial charge is 0.469 e. The second kappa shape index (κ2) is 6.58. The van der Waals surface area contributed by atoms with Gasteiger partial charge in [-0.15, -0.1) is 0 Å². The van der Waals surface area contributed by atoms with E-state index in [4.69, 9.17) is 16.3 Å². The van der Waals surface area contributed by atoms with Crippen LogP contribution in [-0.4, -0.2) is 35.2 Å². The van der Waals surface area contributed by atoms with E-state index in [2.05, 4.69) is 15.5 Å². The summed E-state index contributed by atoms with van der Waals surface area (Å²) in [6, 6.07) is 3.46. The standard InChI is InChI=1S/C16H18ClN3O3/c1-23-16(22)9-2-4-10(5-3-9)19-15(21)11-6-7-13(17)12-8-18-20-14(11)12/h6-10H,2-5H2,1H3,(H,18,20)(H,19,21). The maximum atomic E-state index is 12.5. The smallest absolute Gasteiger partial charge is 0.308 e. The number of halogens is 1. The maximum Gasteiger partial charge on any atom is 0.308 e. The lowest BCUT2D eigenvalue weighted by molar-refractivity contribution is -0.146. The van der Waals surface area contributed by atoms with Crippen LogP contribution in [0, 0.1) is 5.92 Å². The zero-order valence-corrected chi connectivity index (χ0v) is 13.5. The summed E-state index contributed by atoms with van der Waals surface area (Å²) in [4.78, 5) is 24.0. The van der Waals surface area contributed by atoms with E-state index in [0.29, 0.717) is 16.1 Å². The van der Waals surface area contributed by atoms with Crippen molar-refractivity contribution in [3.63, 3.8) is 0 Å². The number of amides is 1. The molecule has 1 aromatic heterocycles. The van der Waals surface area contributed by atoms with Crippen LogP contribution >= 0.6 is 11.6 Å². The van der Waals surface area contributed by atoms with Crippen molar-refractivity contribution < 1.29 is 14.3 Å². The summed E-state index contributed by atoms with van der Waals surface area (Å²) in [7, 11) is 1.41. The molecular formula is C16H18ClN3O3. The number of rotatable bonds is 3. The van der Waals surface area contributed by atoms with Gasteiger partial charge in [-0.05, 0) is 37.8 Å². The zero-order valence-electron chi connectivity index (χ0n) is 12.8. The molecule has 1 saturated carbocycles. The van der Waals surface area contributed by atoms with E-state index >= 15 is 0 Å². The van der Waals surface area contributed by atoms with Crippen molar-refractivity contribution in [1.29, 1.82) is 0 Å². The predicted molar refractivity (Wildman–Crippen MR) is 86.3 cm³/mol. The second-order valence-electron chi connectivity index (χ2n) is 5.80. The van der Waals surface area contributed by atoms with Gasteiger partial charge in [0, 0.05) is 11.4 Å². The summed E-state index contributed by atoms with van der Waals surface area (Å²) in [5, 5.41) is 11.1. The number of methoxy groups -OCH3 is 1. The summed E-state index contributed by atoms with van der Waals surface area (Å²) in [5.41, 5.74) is 1.16. The van der Waals surface area contributed by atoms with E-state index in [0.717, 1.165) is 31.1 Å². The van der Waals surface area contributed by atoms with Crippen molar-refractivity contribution in [2.75, 3.05) is 7.11 Å². The molecule has 1 amide bonds. The maximum absolute atomic E-state index is 12.5. The Morgan fingerprint density at radius 3 is 2.74 bits per heavy atom. The molecule has 6 nitrogen and oxygen atoms in total. The van der Waals surface area contributed by atoms with E-state index in [1.165, 1.54) is 7.11 Å². The number of esters is 1. The predicted octanol–water partition coefficient (Wildman–Crippen LogP) is 2.68. The third-order valence-corrected chi connectivity index (χ3v) is 4.73. The molecule has 1 aliphatic carbocycles. The lowest BCUT2D eigenvalue weighted by Crippen LogP contribution is -2.39. The third kappa shape index (κ3) is 3.17. The first-order valence-electron chi connectivity index (χ1n) is 7.60. The number of ether oxygens (including phenoxy) is 1. The van der Waals surface area contributed by atoms with Gasteiger partial charge in [0.15, 0.2) is 0 Å². The summed E-state index contributed by atoms with van der Waals surface area (Å²) in [6.07, 6.45) is 4.61. The van der Waals surface area contributed by atoms with Crippen molar-refractivity contribution in [1.82, 2.24) is 15.5 Å². The molecule has 122 valence electrons. The Balaban J connectivity index is 1.67. The number of hydrogen-bond donors (Lipinski definition) is 2. The molecule has 0 radical (unpaired) electrons. The average molecular weight is 336 g/mol. The number of H-pyrrole nitrogens is 1. The number of carbonyl (C=O) groups is 2. The minimum Gasteiger partial charge on any atom is -0.469 e. The van der Waals surface area contributed by atoms with Crippen LogP contribution < -0.4 is 5.32 Å². The fourth-order valence-corrected chi connectivity index (χ4v) is 3.30. The molecule has 0 bridgehead atoms. The van der Waals surface area contributed by atoms with E-state index < -0.39 is 0 Å². The summed E-state index contributed by atoms with van der Waals surface area (Å²) >= 11 is 6.09. The molecule has 2 N–H and O–H groups in total. The van der Waals surface area contributed by atoms with E-state index in [9.17, 15) is 9.59 Å². The van der Waals surface area contributed by atoms with Crippen LogP contribution in [0.25, 0.3) is 10.9 Å². The highest BCUT2D eigenvalue weighted by molar-refractivity contribution is 6.35. The molecule has 0 unspecified atom stereocenters. The molecular weight excluding hydrogens is 318 g/mol. The number of nitrogens with zero attached hydrogens (tertiary/aromatic N) is 1. The molecule has 7 heteroatoms. The van der Waals surface area contributed by atoms with Crippen LogP contribution in [-0.2, 0) is 9.53 Å². The zero-order chi connectivity index (χ0) is 16.4. The van der Waals surface area contributed by atoms with Crippen molar-refractivity contribution in [2.45, 2.75) is 31.7 Å². The fraction of sp³-hybridized carbons (Fsp3) is 0.438. The van der Waals surface area contributed by atoms with Crippen LogP contribution in [0.5, 0.6) is 0 Å². The van der Waals surface area contributed by atoms with Crippen molar-refractivity contribution in [3.05, 3.63) is 28.9 Å². The molecule has 0 spiro atoms. The van der Waals surface area contributed by atoms with Crippen molar-refractivity contribution >= 4 is 34.4 Å². The Morgan fingerprint density at radius 1 is 1.30 bits per heavy atom. The lowest BCUT2D eigenvalue weighted by Gasteiger charge is -2.27. The molecule has 1 heterocycles. The Hall–Kier alpha value is -2.08. The van der Waals surface area contributed by atoms with Crippen molar-refractivity contribution in [3.8, 4) is 0 Å². The average Bonchev–Trinajstić information content (AvgIpc) is 3.05. The van der Waals surface area contributed by atoms with Gasteiger partial charge in [-0.3, -0.25) is 14.7 Å². The van der Waals surface area contributed by atoms with Crippen LogP contribution in [0.4, 0.5) is 0 Å². The second-order valence-corrected chi connectivity index (χ2v) is 6.21. The molecule has 1 aliphatic rings. The van der Waals surface area contributed by atoms with Gasteiger partial charge in [-0.25, -0.2) is 0 Å². The summed E-state index contributed by atoms with van der Waals surface area (Å²) in [6.45, 7) is 0. The molecule has 23 heavy (non-hydrogen) atoms. The number of nitrogens with one attached hydrogen (secondary N) is 2. The number of benzene rings is 1. The number of aromatic nitrogens is 2. The van der Waals surface area contributed by atoms with Gasteiger partial charge < -0.3 is 10.1 Å². The molecule has 3 rings (SSSR count). The normalized spacial score (nSPS) is 21.1. The minimum absolute atomic E-state index is 0.0528. The quantitative estimate of drug-likeness (QED) is 0.845. The highest BCUT2D eigenvalue weighted by Gasteiger charge is 2.28. The van der Waals surface area contributed by atoms with E-state index in [1.807, 2.05) is 0 Å². The number of carbonyl (C=O) groups excluding carboxylic acids is 2. The Morgan fingerprint density at radius 2 is 2.04 bits per heavy atom. The summed E-state index contributed by atoms with van der Waals surface area (Å²) in [5.74, 6) is -0.368. The van der Waals surface area contributed by atoms with Crippen LogP contribution in [0.15, 0.2) is 18.3 Å². The molecule has 1 fully saturated rings. The van der Waals surface area contributed by atoms with Gasteiger partial charge in [-0.1, -0.05) is 11.6 Å². The van der Waals surface area contributed by atoms with E-state index in [1.54, 1.807) is 18.3 Å². The Labute approximate surface area is 138 Å². The van der Waals surface area contributed by atoms with Crippen LogP contribution in [0.3, 0.4) is 0 Å². The van der Waals surface area contributed by atoms with E-state index in [-0.39, 0.29) is 23.8 Å². The third-order valence-electron chi connectivity index (χ3n) is 4.40. The highest BCUT2D eigenvalue weighted by Crippen LogP contribution is 2.27. The van der Waals surface area contributed by atoms with Gasteiger partial charge >= 0.3 is 5.97 Å². The van der Waals surface area contributed by atoms with Crippen LogP contribution in [0.1, 0.15) is 36.0 Å². The Bertz CT molecular complexity index is 735. The molecule has 0 aliphatic heterocycles. The first-order valence-corrected chi connectivity index (χ1v) is 7.98. The van der Waals surface area contributed by atoms with Crippen LogP contribution in [0.2, 0.25) is 5.02 Å². The highest BCUT2D eigenvalue weighted by atomic mass is 35.5. The molecule has 0 atom stereocenters. The molecule has 1 aromatic carbocycles. The lowest BCUT2D eigenvalue weighted by atomic mass is 9.86. The van der Waals surface area contributed by atoms with Gasteiger partial charge in [-0.2, -0.15) is 5.10 Å². The number of aromatic amines is 1. The van der Waals surface area contributed by atoms with Crippen molar-refractivity contribution in [2.24, 2.45) is 5.92 Å². The fourth-order valence-electron chi connectivity index (χ4n) is 3.09. The first-order chi connectivity index (χ1) is 11.1. The van der Waals surface area contributed by atoms with Gasteiger partial charge in [0.05, 0.1) is 35.3 Å². The first kappa shape index (κ1) is 15.8. The van der Waals surface area contributed by atoms with Gasteiger partial charge in [0.25, 0.3) is 5.91 Å². The topological polar surface area (TPSA) is 84.1 Å². The Kier molecular flexibility index (Phi) is 4.52. The number of hydrogen-bond acceptors (Lipinski definition) is 4. The van der Waals surface area contributed by atoms with Gasteiger partial charge in [0.1, 0.15) is 0 Å². The summed E-state index contributed by atoms with van der Waals surface area (Å²) < 4.78 is 4.78. The SMILES string of the molecule is COC(=O)C1CCC(NC(=O)c2ccc(Cl)c3cn[nH]c23)CC1.